The molecule has 112 valence electrons. The highest BCUT2D eigenvalue weighted by Crippen LogP contribution is 2.14. The molecule has 1 rings (SSSR count). The minimum absolute atomic E-state index is 0.0332. The van der Waals surface area contributed by atoms with E-state index in [1.807, 2.05) is 0 Å². The number of carbonyl (C=O) groups excluding carboxylic acids is 1. The van der Waals surface area contributed by atoms with E-state index in [-0.39, 0.29) is 36.3 Å². The topological polar surface area (TPSA) is 105 Å². The number of nitrogens with one attached hydrogen (secondary N) is 2. The lowest BCUT2D eigenvalue weighted by Crippen LogP contribution is -2.33. The van der Waals surface area contributed by atoms with Crippen LogP contribution in [-0.2, 0) is 16.1 Å². The van der Waals surface area contributed by atoms with Crippen molar-refractivity contribution < 1.29 is 14.6 Å². The van der Waals surface area contributed by atoms with Gasteiger partial charge in [-0.1, -0.05) is 11.6 Å². The van der Waals surface area contributed by atoms with Crippen molar-refractivity contribution in [2.24, 2.45) is 0 Å². The lowest BCUT2D eigenvalue weighted by atomic mass is 10.4. The molecule has 0 aliphatic heterocycles. The second-order valence-corrected chi connectivity index (χ2v) is 4.20. The Balaban J connectivity index is 2.58. The summed E-state index contributed by atoms with van der Waals surface area (Å²) in [5, 5.41) is 17.9. The van der Waals surface area contributed by atoms with Crippen LogP contribution in [0.3, 0.4) is 0 Å². The lowest BCUT2D eigenvalue weighted by Gasteiger charge is -2.10. The molecule has 1 aromatic heterocycles. The number of aromatic nitrogens is 2. The van der Waals surface area contributed by atoms with Crippen molar-refractivity contribution in [1.29, 1.82) is 0 Å². The second-order valence-electron chi connectivity index (χ2n) is 3.82. The number of aliphatic hydroxyl groups is 1. The van der Waals surface area contributed by atoms with E-state index >= 15 is 0 Å². The molecule has 1 heterocycles. The number of aliphatic hydroxyl groups excluding tert-OH is 1. The van der Waals surface area contributed by atoms with Gasteiger partial charge < -0.3 is 20.5 Å². The molecular weight excluding hydrogens is 288 g/mol. The highest BCUT2D eigenvalue weighted by atomic mass is 35.5. The molecule has 0 unspecified atom stereocenters. The van der Waals surface area contributed by atoms with Gasteiger partial charge >= 0.3 is 0 Å². The molecular formula is C11H17ClN4O4. The summed E-state index contributed by atoms with van der Waals surface area (Å²) in [5.74, 6) is -0.252. The molecule has 8 nitrogen and oxygen atoms in total. The van der Waals surface area contributed by atoms with E-state index in [4.69, 9.17) is 21.4 Å². The summed E-state index contributed by atoms with van der Waals surface area (Å²) in [5.41, 5.74) is -0.252. The normalized spacial score (nSPS) is 10.3. The lowest BCUT2D eigenvalue weighted by molar-refractivity contribution is -0.119. The Hall–Kier alpha value is -1.64. The van der Waals surface area contributed by atoms with Crippen LogP contribution in [0.4, 0.5) is 5.69 Å². The highest BCUT2D eigenvalue weighted by molar-refractivity contribution is 6.33. The van der Waals surface area contributed by atoms with Crippen molar-refractivity contribution in [3.8, 4) is 0 Å². The van der Waals surface area contributed by atoms with Gasteiger partial charge in [-0.25, -0.2) is 4.68 Å². The summed E-state index contributed by atoms with van der Waals surface area (Å²) in [7, 11) is 1.54. The van der Waals surface area contributed by atoms with Crippen LogP contribution in [0.2, 0.25) is 5.02 Å². The molecule has 0 radical (unpaired) electrons. The van der Waals surface area contributed by atoms with Gasteiger partial charge in [0, 0.05) is 13.7 Å². The number of hydrogen-bond acceptors (Lipinski definition) is 6. The van der Waals surface area contributed by atoms with Gasteiger partial charge in [-0.3, -0.25) is 9.59 Å². The van der Waals surface area contributed by atoms with E-state index in [1.54, 1.807) is 0 Å². The van der Waals surface area contributed by atoms with E-state index < -0.39 is 5.56 Å². The second kappa shape index (κ2) is 8.51. The number of anilines is 1. The average molecular weight is 305 g/mol. The molecule has 0 spiro atoms. The Morgan fingerprint density at radius 3 is 3.00 bits per heavy atom. The first kappa shape index (κ1) is 16.4. The fraction of sp³-hybridized carbons (Fsp3) is 0.545. The van der Waals surface area contributed by atoms with Gasteiger partial charge in [0.1, 0.15) is 5.02 Å². The summed E-state index contributed by atoms with van der Waals surface area (Å²) in [6.45, 7) is 0.648. The van der Waals surface area contributed by atoms with Crippen LogP contribution in [0.5, 0.6) is 0 Å². The maximum Gasteiger partial charge on any atom is 0.287 e. The summed E-state index contributed by atoms with van der Waals surface area (Å²) in [6, 6.07) is 0. The molecule has 20 heavy (non-hydrogen) atoms. The zero-order chi connectivity index (χ0) is 15.0. The molecule has 0 atom stereocenters. The van der Waals surface area contributed by atoms with Gasteiger partial charge in [-0.05, 0) is 0 Å². The van der Waals surface area contributed by atoms with Crippen LogP contribution in [0.1, 0.15) is 0 Å². The van der Waals surface area contributed by atoms with Gasteiger partial charge in [-0.2, -0.15) is 5.10 Å². The molecule has 0 bridgehead atoms. The van der Waals surface area contributed by atoms with Crippen LogP contribution in [0, 0.1) is 0 Å². The first-order valence-electron chi connectivity index (χ1n) is 5.96. The van der Waals surface area contributed by atoms with Gasteiger partial charge in [0.15, 0.2) is 0 Å². The van der Waals surface area contributed by atoms with Crippen molar-refractivity contribution in [1.82, 2.24) is 15.1 Å². The van der Waals surface area contributed by atoms with E-state index in [1.165, 1.54) is 13.3 Å². The van der Waals surface area contributed by atoms with E-state index in [9.17, 15) is 9.59 Å². The molecule has 0 saturated heterocycles. The molecule has 0 fully saturated rings. The third kappa shape index (κ3) is 4.80. The average Bonchev–Trinajstić information content (AvgIpc) is 2.43. The number of halogens is 1. The van der Waals surface area contributed by atoms with Crippen molar-refractivity contribution >= 4 is 23.2 Å². The van der Waals surface area contributed by atoms with Gasteiger partial charge in [0.2, 0.25) is 5.91 Å². The zero-order valence-corrected chi connectivity index (χ0v) is 11.8. The number of hydrogen-bond donors (Lipinski definition) is 3. The number of amides is 1. The summed E-state index contributed by atoms with van der Waals surface area (Å²) < 4.78 is 5.84. The van der Waals surface area contributed by atoms with Crippen LogP contribution >= 0.6 is 11.6 Å². The smallest absolute Gasteiger partial charge is 0.287 e. The minimum atomic E-state index is -0.523. The van der Waals surface area contributed by atoms with Crippen molar-refractivity contribution in [2.45, 2.75) is 6.54 Å². The fourth-order valence-electron chi connectivity index (χ4n) is 1.37. The summed E-state index contributed by atoms with van der Waals surface area (Å²) in [4.78, 5) is 23.2. The quantitative estimate of drug-likeness (QED) is 0.536. The Morgan fingerprint density at radius 2 is 2.35 bits per heavy atom. The SMILES string of the molecule is COCCNC(=O)CNc1cnn(CCO)c(=O)c1Cl. The minimum Gasteiger partial charge on any atom is -0.394 e. The standard InChI is InChI=1S/C11H17ClN4O4/c1-20-5-2-13-9(18)7-14-8-6-15-16(3-4-17)11(19)10(8)12/h6,14,17H,2-5,7H2,1H3,(H,13,18). The molecule has 0 saturated carbocycles. The third-order valence-electron chi connectivity index (χ3n) is 2.36. The Kier molecular flexibility index (Phi) is 6.99. The number of rotatable bonds is 8. The number of ether oxygens (including phenoxy) is 1. The maximum atomic E-state index is 11.7. The van der Waals surface area contributed by atoms with Crippen LogP contribution < -0.4 is 16.2 Å². The molecule has 1 amide bonds. The molecule has 0 aliphatic rings. The molecule has 0 aromatic carbocycles. The third-order valence-corrected chi connectivity index (χ3v) is 2.73. The van der Waals surface area contributed by atoms with Crippen molar-refractivity contribution in [2.75, 3.05) is 38.7 Å². The zero-order valence-electron chi connectivity index (χ0n) is 11.1. The van der Waals surface area contributed by atoms with Crippen LogP contribution in [-0.4, -0.2) is 54.2 Å². The van der Waals surface area contributed by atoms with E-state index in [0.29, 0.717) is 13.2 Å². The maximum absolute atomic E-state index is 11.7. The summed E-state index contributed by atoms with van der Waals surface area (Å²) in [6.07, 6.45) is 1.34. The highest BCUT2D eigenvalue weighted by Gasteiger charge is 2.10. The molecule has 9 heteroatoms. The van der Waals surface area contributed by atoms with Crippen LogP contribution in [0.15, 0.2) is 11.0 Å². The van der Waals surface area contributed by atoms with Crippen LogP contribution in [0.25, 0.3) is 0 Å². The van der Waals surface area contributed by atoms with Gasteiger partial charge in [0.05, 0.1) is 38.2 Å². The predicted octanol–water partition coefficient (Wildman–Crippen LogP) is -0.936. The predicted molar refractivity (Wildman–Crippen MR) is 74.0 cm³/mol. The molecule has 3 N–H and O–H groups in total. The van der Waals surface area contributed by atoms with Crippen molar-refractivity contribution in [3.05, 3.63) is 21.6 Å². The van der Waals surface area contributed by atoms with Crippen molar-refractivity contribution in [3.63, 3.8) is 0 Å². The number of nitrogens with zero attached hydrogens (tertiary/aromatic N) is 2. The fourth-order valence-corrected chi connectivity index (χ4v) is 1.59. The number of methoxy groups -OCH3 is 1. The van der Waals surface area contributed by atoms with Gasteiger partial charge in [0.25, 0.3) is 5.56 Å². The van der Waals surface area contributed by atoms with E-state index in [2.05, 4.69) is 15.7 Å². The van der Waals surface area contributed by atoms with E-state index in [0.717, 1.165) is 4.68 Å². The Labute approximate surface area is 120 Å². The first-order valence-corrected chi connectivity index (χ1v) is 6.34. The largest absolute Gasteiger partial charge is 0.394 e. The molecule has 0 aliphatic carbocycles. The monoisotopic (exact) mass is 304 g/mol. The number of carbonyl (C=O) groups is 1. The molecule has 1 aromatic rings. The van der Waals surface area contributed by atoms with Gasteiger partial charge in [-0.15, -0.1) is 0 Å². The first-order chi connectivity index (χ1) is 9.60. The Morgan fingerprint density at radius 1 is 1.60 bits per heavy atom. The Bertz CT molecular complexity index is 506. The summed E-state index contributed by atoms with van der Waals surface area (Å²) >= 11 is 5.88.